The van der Waals surface area contributed by atoms with Crippen LogP contribution in [0.1, 0.15) is 34.1 Å². The third kappa shape index (κ3) is 1.70. The topological polar surface area (TPSA) is 45.0 Å². The van der Waals surface area contributed by atoms with Crippen LogP contribution in [0.3, 0.4) is 0 Å². The molecule has 1 N–H and O–H groups in total. The fourth-order valence-electron chi connectivity index (χ4n) is 1.85. The Hall–Kier alpha value is -0.590. The highest BCUT2D eigenvalue weighted by atomic mass is 16.5. The Morgan fingerprint density at radius 3 is 2.38 bits per heavy atom. The Kier molecular flexibility index (Phi) is 2.65. The molecular weight excluding hydrogens is 164 g/mol. The minimum atomic E-state index is -0.513. The van der Waals surface area contributed by atoms with Crippen molar-refractivity contribution in [3.63, 3.8) is 0 Å². The highest BCUT2D eigenvalue weighted by Crippen LogP contribution is 2.35. The smallest absolute Gasteiger partial charge is 0.137 e. The van der Waals surface area contributed by atoms with E-state index in [9.17, 15) is 5.26 Å². The molecule has 0 aromatic carbocycles. The maximum Gasteiger partial charge on any atom is 0.137 e. The second-order valence-corrected chi connectivity index (χ2v) is 4.42. The van der Waals surface area contributed by atoms with Crippen molar-refractivity contribution in [2.75, 3.05) is 6.61 Å². The molecule has 1 heterocycles. The average molecular weight is 182 g/mol. The molecule has 0 aromatic heterocycles. The normalized spacial score (nSPS) is 32.0. The Bertz CT molecular complexity index is 230. The van der Waals surface area contributed by atoms with Crippen LogP contribution in [0.2, 0.25) is 0 Å². The van der Waals surface area contributed by atoms with Gasteiger partial charge in [0.2, 0.25) is 0 Å². The molecule has 74 valence electrons. The number of hydrogen-bond donors (Lipinski definition) is 1. The third-order valence-corrected chi connectivity index (χ3v) is 2.69. The van der Waals surface area contributed by atoms with Gasteiger partial charge in [0.05, 0.1) is 18.3 Å². The first kappa shape index (κ1) is 10.5. The van der Waals surface area contributed by atoms with Crippen molar-refractivity contribution in [1.29, 1.82) is 5.26 Å². The van der Waals surface area contributed by atoms with E-state index in [4.69, 9.17) is 4.74 Å². The zero-order valence-corrected chi connectivity index (χ0v) is 8.85. The van der Waals surface area contributed by atoms with E-state index < -0.39 is 5.54 Å². The van der Waals surface area contributed by atoms with Crippen molar-refractivity contribution in [3.8, 4) is 6.07 Å². The lowest BCUT2D eigenvalue weighted by Crippen LogP contribution is -2.58. The predicted octanol–water partition coefficient (Wildman–Crippen LogP) is 1.45. The highest BCUT2D eigenvalue weighted by Gasteiger charge is 2.51. The summed E-state index contributed by atoms with van der Waals surface area (Å²) >= 11 is 0. The van der Waals surface area contributed by atoms with Gasteiger partial charge in [-0.3, -0.25) is 5.32 Å². The van der Waals surface area contributed by atoms with Gasteiger partial charge in [0, 0.05) is 12.5 Å². The number of nitrogens with one attached hydrogen (secondary N) is 1. The molecule has 1 fully saturated rings. The zero-order valence-electron chi connectivity index (χ0n) is 8.85. The van der Waals surface area contributed by atoms with Gasteiger partial charge in [-0.25, -0.2) is 0 Å². The molecule has 1 unspecified atom stereocenters. The summed E-state index contributed by atoms with van der Waals surface area (Å²) in [6.07, 6.45) is 0.773. The standard InChI is InChI=1S/C10H18N2O/c1-8(2)12-10(7-11)5-6-13-9(10,3)4/h8,12H,5-6H2,1-4H3. The van der Waals surface area contributed by atoms with Gasteiger partial charge in [-0.1, -0.05) is 0 Å². The molecule has 13 heavy (non-hydrogen) atoms. The molecule has 3 heteroatoms. The van der Waals surface area contributed by atoms with Gasteiger partial charge >= 0.3 is 0 Å². The van der Waals surface area contributed by atoms with Crippen LogP contribution < -0.4 is 5.32 Å². The summed E-state index contributed by atoms with van der Waals surface area (Å²) < 4.78 is 5.56. The fraction of sp³-hybridized carbons (Fsp3) is 0.900. The Morgan fingerprint density at radius 2 is 2.08 bits per heavy atom. The lowest BCUT2D eigenvalue weighted by molar-refractivity contribution is 0.00282. The van der Waals surface area contributed by atoms with Crippen molar-refractivity contribution in [1.82, 2.24) is 5.32 Å². The molecule has 0 aliphatic carbocycles. The first-order valence-electron chi connectivity index (χ1n) is 4.76. The van der Waals surface area contributed by atoms with E-state index in [0.29, 0.717) is 12.6 Å². The lowest BCUT2D eigenvalue weighted by Gasteiger charge is -2.36. The minimum absolute atomic E-state index is 0.306. The summed E-state index contributed by atoms with van der Waals surface area (Å²) in [7, 11) is 0. The number of nitrogens with zero attached hydrogens (tertiary/aromatic N) is 1. The number of nitriles is 1. The van der Waals surface area contributed by atoms with E-state index in [1.165, 1.54) is 0 Å². The summed E-state index contributed by atoms with van der Waals surface area (Å²) in [4.78, 5) is 0. The summed E-state index contributed by atoms with van der Waals surface area (Å²) in [5, 5.41) is 12.5. The average Bonchev–Trinajstić information content (AvgIpc) is 2.27. The Balaban J connectivity index is 2.87. The van der Waals surface area contributed by atoms with Crippen molar-refractivity contribution in [2.24, 2.45) is 0 Å². The molecule has 1 rings (SSSR count). The van der Waals surface area contributed by atoms with Crippen LogP contribution in [0, 0.1) is 11.3 Å². The number of hydrogen-bond acceptors (Lipinski definition) is 3. The molecule has 0 spiro atoms. The lowest BCUT2D eigenvalue weighted by atomic mass is 9.82. The SMILES string of the molecule is CC(C)NC1(C#N)CCOC1(C)C. The van der Waals surface area contributed by atoms with Crippen molar-refractivity contribution in [3.05, 3.63) is 0 Å². The highest BCUT2D eigenvalue weighted by molar-refractivity contribution is 5.19. The molecule has 1 saturated heterocycles. The predicted molar refractivity (Wildman–Crippen MR) is 51.3 cm³/mol. The van der Waals surface area contributed by atoms with Crippen LogP contribution in [0.5, 0.6) is 0 Å². The van der Waals surface area contributed by atoms with Gasteiger partial charge in [-0.2, -0.15) is 5.26 Å². The van der Waals surface area contributed by atoms with Gasteiger partial charge in [-0.15, -0.1) is 0 Å². The molecule has 1 aliphatic heterocycles. The molecule has 3 nitrogen and oxygen atoms in total. The van der Waals surface area contributed by atoms with Crippen molar-refractivity contribution >= 4 is 0 Å². The Labute approximate surface area is 80.1 Å². The zero-order chi connectivity index (χ0) is 10.1. The van der Waals surface area contributed by atoms with Crippen LogP contribution in [0.4, 0.5) is 0 Å². The van der Waals surface area contributed by atoms with E-state index in [-0.39, 0.29) is 5.60 Å². The van der Waals surface area contributed by atoms with Gasteiger partial charge in [0.1, 0.15) is 5.54 Å². The molecule has 0 aromatic rings. The molecule has 0 radical (unpaired) electrons. The maximum absolute atomic E-state index is 9.21. The molecular formula is C10H18N2O. The first-order chi connectivity index (χ1) is 5.93. The monoisotopic (exact) mass is 182 g/mol. The largest absolute Gasteiger partial charge is 0.372 e. The molecule has 1 aliphatic rings. The third-order valence-electron chi connectivity index (χ3n) is 2.69. The second kappa shape index (κ2) is 3.28. The van der Waals surface area contributed by atoms with Crippen LogP contribution >= 0.6 is 0 Å². The van der Waals surface area contributed by atoms with Gasteiger partial charge in [0.15, 0.2) is 0 Å². The van der Waals surface area contributed by atoms with E-state index in [2.05, 4.69) is 11.4 Å². The molecule has 0 bridgehead atoms. The van der Waals surface area contributed by atoms with Crippen molar-refractivity contribution < 1.29 is 4.74 Å². The number of rotatable bonds is 2. The summed E-state index contributed by atoms with van der Waals surface area (Å²) in [6.45, 7) is 8.71. The fourth-order valence-corrected chi connectivity index (χ4v) is 1.85. The van der Waals surface area contributed by atoms with Crippen LogP contribution in [-0.2, 0) is 4.74 Å². The summed E-state index contributed by atoms with van der Waals surface area (Å²) in [5.74, 6) is 0. The Morgan fingerprint density at radius 1 is 1.46 bits per heavy atom. The minimum Gasteiger partial charge on any atom is -0.372 e. The summed E-state index contributed by atoms with van der Waals surface area (Å²) in [5.41, 5.74) is -0.896. The first-order valence-corrected chi connectivity index (χ1v) is 4.76. The van der Waals surface area contributed by atoms with E-state index >= 15 is 0 Å². The molecule has 0 saturated carbocycles. The van der Waals surface area contributed by atoms with Crippen LogP contribution in [-0.4, -0.2) is 23.8 Å². The van der Waals surface area contributed by atoms with E-state index in [0.717, 1.165) is 6.42 Å². The maximum atomic E-state index is 9.21. The van der Waals surface area contributed by atoms with Gasteiger partial charge < -0.3 is 4.74 Å². The second-order valence-electron chi connectivity index (χ2n) is 4.42. The molecule has 1 atom stereocenters. The quantitative estimate of drug-likeness (QED) is 0.703. The van der Waals surface area contributed by atoms with E-state index in [1.807, 2.05) is 27.7 Å². The van der Waals surface area contributed by atoms with Gasteiger partial charge in [0.25, 0.3) is 0 Å². The molecule has 0 amide bonds. The number of ether oxygens (including phenoxy) is 1. The van der Waals surface area contributed by atoms with Crippen molar-refractivity contribution in [2.45, 2.75) is 51.3 Å². The summed E-state index contributed by atoms with van der Waals surface area (Å²) in [6, 6.07) is 2.67. The van der Waals surface area contributed by atoms with E-state index in [1.54, 1.807) is 0 Å². The van der Waals surface area contributed by atoms with Crippen LogP contribution in [0.25, 0.3) is 0 Å². The van der Waals surface area contributed by atoms with Crippen LogP contribution in [0.15, 0.2) is 0 Å². The van der Waals surface area contributed by atoms with Gasteiger partial charge in [-0.05, 0) is 27.7 Å².